The third kappa shape index (κ3) is 5.54. The molecule has 1 amide bonds. The third-order valence-corrected chi connectivity index (χ3v) is 5.72. The number of amides is 1. The van der Waals surface area contributed by atoms with Crippen molar-refractivity contribution in [3.63, 3.8) is 0 Å². The van der Waals surface area contributed by atoms with Gasteiger partial charge in [0.15, 0.2) is 0 Å². The summed E-state index contributed by atoms with van der Waals surface area (Å²) in [4.78, 5) is 19.1. The highest BCUT2D eigenvalue weighted by molar-refractivity contribution is 7.99. The van der Waals surface area contributed by atoms with Gasteiger partial charge in [-0.2, -0.15) is 5.26 Å². The molecule has 1 aliphatic carbocycles. The summed E-state index contributed by atoms with van der Waals surface area (Å²) in [5.74, 6) is 0.0632. The van der Waals surface area contributed by atoms with Crippen LogP contribution in [0.5, 0.6) is 0 Å². The van der Waals surface area contributed by atoms with Crippen molar-refractivity contribution in [1.82, 2.24) is 9.88 Å². The van der Waals surface area contributed by atoms with Crippen LogP contribution in [0.3, 0.4) is 0 Å². The predicted octanol–water partition coefficient (Wildman–Crippen LogP) is 4.55. The minimum absolute atomic E-state index is 0.0559. The van der Waals surface area contributed by atoms with Crippen molar-refractivity contribution in [3.05, 3.63) is 59.5 Å². The standard InChI is InChI=1S/C21H22FN3OS/c22-18-8-6-16(7-9-18)14-25(19-4-2-1-3-5-19)21(26)15-27-20-12-17(13-23)10-11-24-20/h6-12,19H,1-5,14-15H2. The summed E-state index contributed by atoms with van der Waals surface area (Å²) in [5, 5.41) is 9.67. The number of hydrogen-bond donors (Lipinski definition) is 0. The van der Waals surface area contributed by atoms with Gasteiger partial charge < -0.3 is 4.90 Å². The third-order valence-electron chi connectivity index (χ3n) is 4.81. The maximum absolute atomic E-state index is 13.2. The summed E-state index contributed by atoms with van der Waals surface area (Å²) >= 11 is 1.35. The number of halogens is 1. The molecule has 1 fully saturated rings. The average Bonchev–Trinajstić information content (AvgIpc) is 2.72. The Balaban J connectivity index is 1.69. The van der Waals surface area contributed by atoms with E-state index in [1.807, 2.05) is 4.90 Å². The molecular formula is C21H22FN3OS. The van der Waals surface area contributed by atoms with Crippen LogP contribution in [-0.2, 0) is 11.3 Å². The van der Waals surface area contributed by atoms with E-state index in [-0.39, 0.29) is 23.5 Å². The normalized spacial score (nSPS) is 14.5. The second-order valence-corrected chi connectivity index (χ2v) is 7.72. The van der Waals surface area contributed by atoms with Crippen molar-refractivity contribution >= 4 is 17.7 Å². The maximum atomic E-state index is 13.2. The Morgan fingerprint density at radius 1 is 1.22 bits per heavy atom. The van der Waals surface area contributed by atoms with Gasteiger partial charge in [-0.15, -0.1) is 0 Å². The van der Waals surface area contributed by atoms with E-state index in [0.29, 0.717) is 17.1 Å². The van der Waals surface area contributed by atoms with Gasteiger partial charge in [0.1, 0.15) is 5.82 Å². The first-order chi connectivity index (χ1) is 13.2. The number of carbonyl (C=O) groups is 1. The fourth-order valence-electron chi connectivity index (χ4n) is 3.38. The molecule has 1 heterocycles. The molecule has 0 atom stereocenters. The minimum Gasteiger partial charge on any atom is -0.335 e. The van der Waals surface area contributed by atoms with Crippen molar-refractivity contribution in [1.29, 1.82) is 5.26 Å². The molecule has 0 bridgehead atoms. The van der Waals surface area contributed by atoms with Crippen molar-refractivity contribution in [2.24, 2.45) is 0 Å². The highest BCUT2D eigenvalue weighted by Crippen LogP contribution is 2.26. The number of nitriles is 1. The van der Waals surface area contributed by atoms with E-state index in [4.69, 9.17) is 5.26 Å². The molecule has 0 spiro atoms. The lowest BCUT2D eigenvalue weighted by Crippen LogP contribution is -2.41. The van der Waals surface area contributed by atoms with Crippen LogP contribution >= 0.6 is 11.8 Å². The van der Waals surface area contributed by atoms with Crippen LogP contribution in [0.15, 0.2) is 47.6 Å². The molecule has 27 heavy (non-hydrogen) atoms. The highest BCUT2D eigenvalue weighted by atomic mass is 32.2. The Morgan fingerprint density at radius 3 is 2.67 bits per heavy atom. The number of nitrogens with zero attached hydrogens (tertiary/aromatic N) is 3. The van der Waals surface area contributed by atoms with Gasteiger partial charge in [-0.1, -0.05) is 43.2 Å². The molecule has 0 N–H and O–H groups in total. The molecule has 6 heteroatoms. The Kier molecular flexibility index (Phi) is 6.83. The molecule has 3 rings (SSSR count). The molecule has 0 radical (unpaired) electrons. The molecule has 0 unspecified atom stereocenters. The van der Waals surface area contributed by atoms with Crippen molar-refractivity contribution in [2.45, 2.75) is 49.7 Å². The Morgan fingerprint density at radius 2 is 1.96 bits per heavy atom. The number of hydrogen-bond acceptors (Lipinski definition) is 4. The van der Waals surface area contributed by atoms with E-state index in [1.165, 1.54) is 30.3 Å². The molecule has 0 aliphatic heterocycles. The maximum Gasteiger partial charge on any atom is 0.233 e. The van der Waals surface area contributed by atoms with Crippen LogP contribution in [0.1, 0.15) is 43.2 Å². The number of pyridine rings is 1. The van der Waals surface area contributed by atoms with E-state index in [9.17, 15) is 9.18 Å². The van der Waals surface area contributed by atoms with Gasteiger partial charge >= 0.3 is 0 Å². The number of carbonyl (C=O) groups excluding carboxylic acids is 1. The topological polar surface area (TPSA) is 57.0 Å². The summed E-state index contributed by atoms with van der Waals surface area (Å²) in [7, 11) is 0. The summed E-state index contributed by atoms with van der Waals surface area (Å²) in [5.41, 5.74) is 1.47. The fraction of sp³-hybridized carbons (Fsp3) is 0.381. The van der Waals surface area contributed by atoms with Crippen LogP contribution in [0, 0.1) is 17.1 Å². The van der Waals surface area contributed by atoms with E-state index >= 15 is 0 Å². The number of rotatable bonds is 6. The molecular weight excluding hydrogens is 361 g/mol. The first-order valence-corrected chi connectivity index (χ1v) is 10.2. The second-order valence-electron chi connectivity index (χ2n) is 6.72. The molecule has 2 aromatic rings. The highest BCUT2D eigenvalue weighted by Gasteiger charge is 2.25. The molecule has 4 nitrogen and oxygen atoms in total. The van der Waals surface area contributed by atoms with Crippen LogP contribution in [0.2, 0.25) is 0 Å². The zero-order valence-corrected chi connectivity index (χ0v) is 15.9. The van der Waals surface area contributed by atoms with E-state index in [1.54, 1.807) is 30.5 Å². The van der Waals surface area contributed by atoms with Crippen molar-refractivity contribution < 1.29 is 9.18 Å². The Labute approximate surface area is 163 Å². The summed E-state index contributed by atoms with van der Waals surface area (Å²) in [6, 6.07) is 12.0. The number of thioether (sulfide) groups is 1. The van der Waals surface area contributed by atoms with Crippen LogP contribution in [-0.4, -0.2) is 27.6 Å². The summed E-state index contributed by atoms with van der Waals surface area (Å²) in [6.45, 7) is 0.496. The van der Waals surface area contributed by atoms with E-state index in [0.717, 1.165) is 31.2 Å². The zero-order chi connectivity index (χ0) is 19.1. The molecule has 140 valence electrons. The van der Waals surface area contributed by atoms with Gasteiger partial charge in [0.25, 0.3) is 0 Å². The van der Waals surface area contributed by atoms with Gasteiger partial charge in [0.2, 0.25) is 5.91 Å². The van der Waals surface area contributed by atoms with Gasteiger partial charge in [0, 0.05) is 18.8 Å². The second kappa shape index (κ2) is 9.52. The predicted molar refractivity (Wildman–Crippen MR) is 103 cm³/mol. The molecule has 1 saturated carbocycles. The van der Waals surface area contributed by atoms with Gasteiger partial charge in [-0.25, -0.2) is 9.37 Å². The largest absolute Gasteiger partial charge is 0.335 e. The first kappa shape index (κ1) is 19.4. The fourth-order valence-corrected chi connectivity index (χ4v) is 4.16. The van der Waals surface area contributed by atoms with E-state index in [2.05, 4.69) is 11.1 Å². The smallest absolute Gasteiger partial charge is 0.233 e. The number of aromatic nitrogens is 1. The molecule has 1 aromatic heterocycles. The lowest BCUT2D eigenvalue weighted by Gasteiger charge is -2.34. The van der Waals surface area contributed by atoms with Gasteiger partial charge in [-0.3, -0.25) is 4.79 Å². The van der Waals surface area contributed by atoms with E-state index < -0.39 is 0 Å². The molecule has 1 aromatic carbocycles. The van der Waals surface area contributed by atoms with Crippen LogP contribution in [0.4, 0.5) is 4.39 Å². The number of benzene rings is 1. The van der Waals surface area contributed by atoms with Gasteiger partial charge in [-0.05, 0) is 42.7 Å². The summed E-state index contributed by atoms with van der Waals surface area (Å²) < 4.78 is 13.2. The monoisotopic (exact) mass is 383 g/mol. The van der Waals surface area contributed by atoms with Crippen LogP contribution < -0.4 is 0 Å². The summed E-state index contributed by atoms with van der Waals surface area (Å²) in [6.07, 6.45) is 7.10. The Hall–Kier alpha value is -2.39. The van der Waals surface area contributed by atoms with Crippen molar-refractivity contribution in [2.75, 3.05) is 5.75 Å². The van der Waals surface area contributed by atoms with Gasteiger partial charge in [0.05, 0.1) is 22.4 Å². The average molecular weight is 383 g/mol. The quantitative estimate of drug-likeness (QED) is 0.687. The Bertz CT molecular complexity index is 813. The SMILES string of the molecule is N#Cc1ccnc(SCC(=O)N(Cc2ccc(F)cc2)C2CCCCC2)c1. The minimum atomic E-state index is -0.270. The lowest BCUT2D eigenvalue weighted by atomic mass is 9.94. The van der Waals surface area contributed by atoms with Crippen molar-refractivity contribution in [3.8, 4) is 6.07 Å². The molecule has 0 saturated heterocycles. The lowest BCUT2D eigenvalue weighted by molar-refractivity contribution is -0.132. The first-order valence-electron chi connectivity index (χ1n) is 9.18. The van der Waals surface area contributed by atoms with Crippen LogP contribution in [0.25, 0.3) is 0 Å². The molecule has 1 aliphatic rings. The zero-order valence-electron chi connectivity index (χ0n) is 15.1.